The highest BCUT2D eigenvalue weighted by Crippen LogP contribution is 2.32. The van der Waals surface area contributed by atoms with Crippen LogP contribution in [0, 0.1) is 10.1 Å². The Morgan fingerprint density at radius 1 is 1.18 bits per heavy atom. The standard InChI is InChI=1S/C20H16BrN3O4/c1-13(15-6-4-7-16(11-15)24(26)27)22-23-19(25)12-28-18-10-9-14-5-2-3-8-17(14)20(18)21/h2-11H,12H2,1H3,(H,23,25)/b22-13+. The normalized spacial score (nSPS) is 11.3. The quantitative estimate of drug-likeness (QED) is 0.347. The lowest BCUT2D eigenvalue weighted by atomic mass is 10.1. The molecule has 3 aromatic carbocycles. The van der Waals surface area contributed by atoms with Gasteiger partial charge < -0.3 is 4.74 Å². The molecule has 0 spiro atoms. The third-order valence-corrected chi connectivity index (χ3v) is 4.83. The molecule has 0 aliphatic heterocycles. The van der Waals surface area contributed by atoms with E-state index in [-0.39, 0.29) is 12.3 Å². The number of nitro groups is 1. The number of nitrogens with one attached hydrogen (secondary N) is 1. The van der Waals surface area contributed by atoms with Crippen LogP contribution in [0.1, 0.15) is 12.5 Å². The van der Waals surface area contributed by atoms with Gasteiger partial charge >= 0.3 is 0 Å². The first-order valence-electron chi connectivity index (χ1n) is 8.33. The Labute approximate surface area is 169 Å². The number of fused-ring (bicyclic) bond motifs is 1. The number of benzene rings is 3. The van der Waals surface area contributed by atoms with Crippen molar-refractivity contribution in [2.45, 2.75) is 6.92 Å². The fourth-order valence-electron chi connectivity index (χ4n) is 2.56. The zero-order chi connectivity index (χ0) is 20.1. The van der Waals surface area contributed by atoms with Gasteiger partial charge in [-0.1, -0.05) is 42.5 Å². The Balaban J connectivity index is 1.63. The van der Waals surface area contributed by atoms with Gasteiger partial charge in [-0.15, -0.1) is 0 Å². The van der Waals surface area contributed by atoms with Gasteiger partial charge in [-0.25, -0.2) is 5.43 Å². The molecule has 7 nitrogen and oxygen atoms in total. The average Bonchev–Trinajstić information content (AvgIpc) is 2.71. The van der Waals surface area contributed by atoms with Crippen molar-refractivity contribution in [1.29, 1.82) is 0 Å². The maximum atomic E-state index is 12.0. The number of non-ortho nitro benzene ring substituents is 1. The average molecular weight is 442 g/mol. The van der Waals surface area contributed by atoms with Crippen LogP contribution in [-0.4, -0.2) is 23.1 Å². The minimum absolute atomic E-state index is 0.0390. The van der Waals surface area contributed by atoms with E-state index in [0.29, 0.717) is 17.0 Å². The summed E-state index contributed by atoms with van der Waals surface area (Å²) >= 11 is 3.50. The summed E-state index contributed by atoms with van der Waals surface area (Å²) < 4.78 is 6.35. The Hall–Kier alpha value is -3.26. The maximum absolute atomic E-state index is 12.0. The molecule has 142 valence electrons. The summed E-state index contributed by atoms with van der Waals surface area (Å²) in [6.45, 7) is 1.43. The number of ether oxygens (including phenoxy) is 1. The third kappa shape index (κ3) is 4.52. The molecule has 0 aliphatic carbocycles. The summed E-state index contributed by atoms with van der Waals surface area (Å²) in [5, 5.41) is 16.9. The van der Waals surface area contributed by atoms with E-state index in [1.165, 1.54) is 12.1 Å². The largest absolute Gasteiger partial charge is 0.483 e. The van der Waals surface area contributed by atoms with Gasteiger partial charge in [0, 0.05) is 17.7 Å². The molecule has 0 unspecified atom stereocenters. The smallest absolute Gasteiger partial charge is 0.277 e. The molecule has 0 aromatic heterocycles. The molecule has 28 heavy (non-hydrogen) atoms. The van der Waals surface area contributed by atoms with E-state index in [1.54, 1.807) is 25.1 Å². The number of hydrazone groups is 1. The van der Waals surface area contributed by atoms with E-state index in [4.69, 9.17) is 4.74 Å². The van der Waals surface area contributed by atoms with Crippen LogP contribution in [0.2, 0.25) is 0 Å². The van der Waals surface area contributed by atoms with Crippen molar-refractivity contribution in [2.75, 3.05) is 6.61 Å². The SMILES string of the molecule is C/C(=N\NC(=O)COc1ccc2ccccc2c1Br)c1cccc([N+](=O)[O-])c1. The fraction of sp³-hybridized carbons (Fsp3) is 0.100. The predicted molar refractivity (Wildman–Crippen MR) is 111 cm³/mol. The van der Waals surface area contributed by atoms with E-state index in [9.17, 15) is 14.9 Å². The number of amides is 1. The van der Waals surface area contributed by atoms with E-state index >= 15 is 0 Å². The molecule has 0 radical (unpaired) electrons. The van der Waals surface area contributed by atoms with Crippen LogP contribution in [0.15, 0.2) is 70.2 Å². The van der Waals surface area contributed by atoms with Crippen LogP contribution in [0.25, 0.3) is 10.8 Å². The molecule has 8 heteroatoms. The molecule has 0 saturated carbocycles. The first-order chi connectivity index (χ1) is 13.5. The lowest BCUT2D eigenvalue weighted by Crippen LogP contribution is -2.25. The van der Waals surface area contributed by atoms with Gasteiger partial charge in [0.15, 0.2) is 6.61 Å². The molecule has 0 atom stereocenters. The summed E-state index contributed by atoms with van der Waals surface area (Å²) in [7, 11) is 0. The highest BCUT2D eigenvalue weighted by atomic mass is 79.9. The molecule has 1 amide bonds. The van der Waals surface area contributed by atoms with Crippen LogP contribution in [0.4, 0.5) is 5.69 Å². The summed E-state index contributed by atoms with van der Waals surface area (Å²) in [5.41, 5.74) is 3.35. The summed E-state index contributed by atoms with van der Waals surface area (Å²) in [4.78, 5) is 22.4. The van der Waals surface area contributed by atoms with E-state index in [2.05, 4.69) is 26.5 Å². The monoisotopic (exact) mass is 441 g/mol. The van der Waals surface area contributed by atoms with Crippen LogP contribution in [-0.2, 0) is 4.79 Å². The molecule has 3 rings (SSSR count). The third-order valence-electron chi connectivity index (χ3n) is 4.01. The summed E-state index contributed by atoms with van der Waals surface area (Å²) in [6.07, 6.45) is 0. The van der Waals surface area contributed by atoms with E-state index < -0.39 is 10.8 Å². The molecule has 0 heterocycles. The van der Waals surface area contributed by atoms with Crippen molar-refractivity contribution < 1.29 is 14.5 Å². The zero-order valence-electron chi connectivity index (χ0n) is 14.9. The van der Waals surface area contributed by atoms with Crippen LogP contribution < -0.4 is 10.2 Å². The molecule has 1 N–H and O–H groups in total. The second-order valence-electron chi connectivity index (χ2n) is 5.93. The minimum atomic E-state index is -0.482. The van der Waals surface area contributed by atoms with Gasteiger partial charge in [-0.05, 0) is 39.7 Å². The van der Waals surface area contributed by atoms with Crippen LogP contribution in [0.3, 0.4) is 0 Å². The molecular formula is C20H16BrN3O4. The number of halogens is 1. The van der Waals surface area contributed by atoms with Crippen LogP contribution in [0.5, 0.6) is 5.75 Å². The second kappa shape index (κ2) is 8.62. The topological polar surface area (TPSA) is 93.8 Å². The lowest BCUT2D eigenvalue weighted by Gasteiger charge is -2.10. The van der Waals surface area contributed by atoms with Crippen molar-refractivity contribution >= 4 is 44.0 Å². The highest BCUT2D eigenvalue weighted by Gasteiger charge is 2.10. The van der Waals surface area contributed by atoms with Gasteiger partial charge in [0.1, 0.15) is 5.75 Å². The number of carbonyl (C=O) groups is 1. The number of hydrogen-bond donors (Lipinski definition) is 1. The fourth-order valence-corrected chi connectivity index (χ4v) is 3.16. The molecule has 0 aliphatic rings. The Kier molecular flexibility index (Phi) is 6.00. The van der Waals surface area contributed by atoms with Gasteiger partial charge in [-0.3, -0.25) is 14.9 Å². The van der Waals surface area contributed by atoms with Gasteiger partial charge in [0.25, 0.3) is 11.6 Å². The van der Waals surface area contributed by atoms with Crippen molar-refractivity contribution in [3.05, 3.63) is 80.8 Å². The van der Waals surface area contributed by atoms with Crippen LogP contribution >= 0.6 is 15.9 Å². The number of rotatable bonds is 6. The summed E-state index contributed by atoms with van der Waals surface area (Å²) in [6, 6.07) is 17.6. The maximum Gasteiger partial charge on any atom is 0.277 e. The first-order valence-corrected chi connectivity index (χ1v) is 9.13. The van der Waals surface area contributed by atoms with E-state index in [0.717, 1.165) is 15.2 Å². The van der Waals surface area contributed by atoms with Crippen molar-refractivity contribution in [1.82, 2.24) is 5.43 Å². The Bertz CT molecular complexity index is 1080. The van der Waals surface area contributed by atoms with Gasteiger partial charge in [0.2, 0.25) is 0 Å². The van der Waals surface area contributed by atoms with Gasteiger partial charge in [0.05, 0.1) is 15.1 Å². The molecular weight excluding hydrogens is 426 g/mol. The van der Waals surface area contributed by atoms with Crippen molar-refractivity contribution in [3.8, 4) is 5.75 Å². The molecule has 0 saturated heterocycles. The van der Waals surface area contributed by atoms with Crippen molar-refractivity contribution in [2.24, 2.45) is 5.10 Å². The number of carbonyl (C=O) groups excluding carboxylic acids is 1. The minimum Gasteiger partial charge on any atom is -0.483 e. The van der Waals surface area contributed by atoms with Crippen molar-refractivity contribution in [3.63, 3.8) is 0 Å². The second-order valence-corrected chi connectivity index (χ2v) is 6.72. The molecule has 3 aromatic rings. The Morgan fingerprint density at radius 2 is 1.96 bits per heavy atom. The number of nitro benzene ring substituents is 1. The predicted octanol–water partition coefficient (Wildman–Crippen LogP) is 4.43. The Morgan fingerprint density at radius 3 is 2.75 bits per heavy atom. The molecule has 0 fully saturated rings. The molecule has 0 bridgehead atoms. The number of nitrogens with zero attached hydrogens (tertiary/aromatic N) is 2. The first kappa shape index (κ1) is 19.5. The summed E-state index contributed by atoms with van der Waals surface area (Å²) in [5.74, 6) is 0.109. The lowest BCUT2D eigenvalue weighted by molar-refractivity contribution is -0.384. The van der Waals surface area contributed by atoms with E-state index in [1.807, 2.05) is 30.3 Å². The van der Waals surface area contributed by atoms with Gasteiger partial charge in [-0.2, -0.15) is 5.10 Å². The zero-order valence-corrected chi connectivity index (χ0v) is 16.5. The number of hydrogen-bond acceptors (Lipinski definition) is 5. The highest BCUT2D eigenvalue weighted by molar-refractivity contribution is 9.10.